The van der Waals surface area contributed by atoms with Gasteiger partial charge in [-0.25, -0.2) is 4.99 Å². The lowest BCUT2D eigenvalue weighted by Crippen LogP contribution is -2.35. The smallest absolute Gasteiger partial charge is 0.189 e. The summed E-state index contributed by atoms with van der Waals surface area (Å²) in [6, 6.07) is 0.840. The molecule has 2 aliphatic rings. The summed E-state index contributed by atoms with van der Waals surface area (Å²) >= 11 is 0. The monoisotopic (exact) mass is 183 g/mol. The molecule has 2 rings (SSSR count). The van der Waals surface area contributed by atoms with E-state index in [-0.39, 0.29) is 12.1 Å². The van der Waals surface area contributed by atoms with Crippen LogP contribution < -0.4 is 11.1 Å². The van der Waals surface area contributed by atoms with Crippen LogP contribution in [0.25, 0.3) is 0 Å². The molecule has 4 nitrogen and oxygen atoms in total. The summed E-state index contributed by atoms with van der Waals surface area (Å²) in [6.45, 7) is 2.86. The Hall–Kier alpha value is -0.770. The van der Waals surface area contributed by atoms with Gasteiger partial charge in [0.1, 0.15) is 0 Å². The van der Waals surface area contributed by atoms with E-state index in [2.05, 4.69) is 10.3 Å². The summed E-state index contributed by atoms with van der Waals surface area (Å²) in [5.41, 5.74) is 5.74. The molecule has 0 aromatic carbocycles. The van der Waals surface area contributed by atoms with Crippen LogP contribution in [-0.2, 0) is 4.74 Å². The molecule has 4 heteroatoms. The summed E-state index contributed by atoms with van der Waals surface area (Å²) in [5, 5.41) is 3.17. The van der Waals surface area contributed by atoms with Gasteiger partial charge in [0.15, 0.2) is 5.96 Å². The Balaban J connectivity index is 1.85. The third kappa shape index (κ3) is 2.34. The van der Waals surface area contributed by atoms with Gasteiger partial charge in [0.05, 0.1) is 12.1 Å². The van der Waals surface area contributed by atoms with Crippen molar-refractivity contribution in [1.29, 1.82) is 0 Å². The number of nitrogens with two attached hydrogens (primary N) is 1. The molecule has 2 atom stereocenters. The Labute approximate surface area is 78.5 Å². The molecule has 74 valence electrons. The van der Waals surface area contributed by atoms with Gasteiger partial charge < -0.3 is 15.8 Å². The molecule has 0 aromatic rings. The molecule has 2 fully saturated rings. The summed E-state index contributed by atoms with van der Waals surface area (Å²) in [7, 11) is 0. The minimum absolute atomic E-state index is 0.222. The fourth-order valence-corrected chi connectivity index (χ4v) is 1.54. The van der Waals surface area contributed by atoms with Crippen molar-refractivity contribution in [2.45, 2.75) is 44.4 Å². The van der Waals surface area contributed by atoms with Gasteiger partial charge in [0.2, 0.25) is 0 Å². The van der Waals surface area contributed by atoms with Crippen LogP contribution in [0, 0.1) is 0 Å². The van der Waals surface area contributed by atoms with Crippen LogP contribution in [0.15, 0.2) is 4.99 Å². The second-order valence-electron chi connectivity index (χ2n) is 3.86. The fraction of sp³-hybridized carbons (Fsp3) is 0.889. The lowest BCUT2D eigenvalue weighted by atomic mass is 10.2. The molecule has 1 heterocycles. The number of hydrogen-bond donors (Lipinski definition) is 2. The number of ether oxygens (including phenoxy) is 1. The van der Waals surface area contributed by atoms with Gasteiger partial charge in [-0.15, -0.1) is 0 Å². The molecule has 0 radical (unpaired) electrons. The zero-order valence-electron chi connectivity index (χ0n) is 7.99. The van der Waals surface area contributed by atoms with E-state index in [9.17, 15) is 0 Å². The van der Waals surface area contributed by atoms with Crippen molar-refractivity contribution in [3.05, 3.63) is 0 Å². The first kappa shape index (κ1) is 8.81. The molecule has 1 saturated carbocycles. The van der Waals surface area contributed by atoms with Gasteiger partial charge in [0.25, 0.3) is 0 Å². The maximum Gasteiger partial charge on any atom is 0.189 e. The number of nitrogens with zero attached hydrogens (tertiary/aromatic N) is 1. The normalized spacial score (nSPS) is 35.0. The number of guanidine groups is 1. The third-order valence-electron chi connectivity index (χ3n) is 2.57. The van der Waals surface area contributed by atoms with E-state index in [1.54, 1.807) is 0 Å². The molecule has 1 aliphatic heterocycles. The Morgan fingerprint density at radius 2 is 2.23 bits per heavy atom. The Kier molecular flexibility index (Phi) is 2.40. The summed E-state index contributed by atoms with van der Waals surface area (Å²) in [6.07, 6.45) is 3.67. The fourth-order valence-electron chi connectivity index (χ4n) is 1.54. The maximum absolute atomic E-state index is 5.74. The van der Waals surface area contributed by atoms with Crippen molar-refractivity contribution in [2.24, 2.45) is 10.7 Å². The van der Waals surface area contributed by atoms with Crippen molar-refractivity contribution in [3.63, 3.8) is 0 Å². The molecule has 0 bridgehead atoms. The van der Waals surface area contributed by atoms with E-state index in [4.69, 9.17) is 10.5 Å². The lowest BCUT2D eigenvalue weighted by molar-refractivity contribution is 0.119. The van der Waals surface area contributed by atoms with Crippen molar-refractivity contribution in [2.75, 3.05) is 6.61 Å². The average molecular weight is 183 g/mol. The average Bonchev–Trinajstić information content (AvgIpc) is 2.79. The summed E-state index contributed by atoms with van der Waals surface area (Å²) < 4.78 is 5.40. The first-order valence-corrected chi connectivity index (χ1v) is 4.97. The number of aliphatic imine (C=N–C) groups is 1. The highest BCUT2D eigenvalue weighted by molar-refractivity contribution is 5.78. The first-order valence-electron chi connectivity index (χ1n) is 4.97. The van der Waals surface area contributed by atoms with Crippen molar-refractivity contribution < 1.29 is 4.74 Å². The largest absolute Gasteiger partial charge is 0.376 e. The van der Waals surface area contributed by atoms with E-state index in [1.807, 2.05) is 6.92 Å². The highest BCUT2D eigenvalue weighted by Gasteiger charge is 2.25. The molecule has 0 aromatic heterocycles. The summed E-state index contributed by atoms with van der Waals surface area (Å²) in [4.78, 5) is 4.40. The van der Waals surface area contributed by atoms with Gasteiger partial charge in [-0.1, -0.05) is 0 Å². The molecule has 13 heavy (non-hydrogen) atoms. The van der Waals surface area contributed by atoms with Crippen LogP contribution in [0.1, 0.15) is 26.2 Å². The van der Waals surface area contributed by atoms with Gasteiger partial charge in [-0.05, 0) is 26.2 Å². The molecule has 0 spiro atoms. The second-order valence-corrected chi connectivity index (χ2v) is 3.86. The Bertz CT molecular complexity index is 213. The van der Waals surface area contributed by atoms with Crippen LogP contribution in [0.3, 0.4) is 0 Å². The van der Waals surface area contributed by atoms with Crippen LogP contribution in [0.2, 0.25) is 0 Å². The number of rotatable bonds is 2. The van der Waals surface area contributed by atoms with Crippen molar-refractivity contribution in [3.8, 4) is 0 Å². The maximum atomic E-state index is 5.74. The van der Waals surface area contributed by atoms with Crippen LogP contribution in [0.5, 0.6) is 0 Å². The molecular weight excluding hydrogens is 166 g/mol. The molecule has 1 saturated heterocycles. The van der Waals surface area contributed by atoms with E-state index in [0.29, 0.717) is 12.0 Å². The first-order chi connectivity index (χ1) is 6.25. The van der Waals surface area contributed by atoms with Crippen molar-refractivity contribution in [1.82, 2.24) is 5.32 Å². The quantitative estimate of drug-likeness (QED) is 0.476. The zero-order chi connectivity index (χ0) is 9.26. The second kappa shape index (κ2) is 3.54. The van der Waals surface area contributed by atoms with E-state index in [0.717, 1.165) is 13.0 Å². The molecule has 2 unspecified atom stereocenters. The van der Waals surface area contributed by atoms with Gasteiger partial charge in [-0.3, -0.25) is 0 Å². The molecular formula is C9H17N3O. The Morgan fingerprint density at radius 3 is 2.77 bits per heavy atom. The van der Waals surface area contributed by atoms with Crippen molar-refractivity contribution >= 4 is 5.96 Å². The van der Waals surface area contributed by atoms with E-state index < -0.39 is 0 Å². The predicted molar refractivity (Wildman–Crippen MR) is 51.6 cm³/mol. The molecule has 0 amide bonds. The zero-order valence-corrected chi connectivity index (χ0v) is 7.99. The predicted octanol–water partition coefficient (Wildman–Crippen LogP) is 0.230. The molecule has 1 aliphatic carbocycles. The summed E-state index contributed by atoms with van der Waals surface area (Å²) in [5.74, 6) is 0.588. The highest BCUT2D eigenvalue weighted by atomic mass is 16.5. The van der Waals surface area contributed by atoms with Crippen LogP contribution >= 0.6 is 0 Å². The standard InChI is InChI=1S/C9H17N3O/c1-6-8(4-5-13-6)12-9(10)11-7-2-3-7/h6-8H,2-5H2,1H3,(H3,10,11,12). The topological polar surface area (TPSA) is 59.6 Å². The van der Waals surface area contributed by atoms with E-state index >= 15 is 0 Å². The number of hydrogen-bond acceptors (Lipinski definition) is 2. The highest BCUT2D eigenvalue weighted by Crippen LogP contribution is 2.19. The van der Waals surface area contributed by atoms with E-state index in [1.165, 1.54) is 12.8 Å². The third-order valence-corrected chi connectivity index (χ3v) is 2.57. The minimum atomic E-state index is 0.222. The lowest BCUT2D eigenvalue weighted by Gasteiger charge is -2.10. The van der Waals surface area contributed by atoms with Crippen LogP contribution in [-0.4, -0.2) is 30.8 Å². The van der Waals surface area contributed by atoms with Gasteiger partial charge in [-0.2, -0.15) is 0 Å². The number of nitrogens with one attached hydrogen (secondary N) is 1. The Morgan fingerprint density at radius 1 is 1.46 bits per heavy atom. The van der Waals surface area contributed by atoms with Gasteiger partial charge >= 0.3 is 0 Å². The minimum Gasteiger partial charge on any atom is -0.376 e. The SMILES string of the molecule is CC1OCCC1N=C(N)NC1CC1. The van der Waals surface area contributed by atoms with Gasteiger partial charge in [0, 0.05) is 12.6 Å². The molecule has 3 N–H and O–H groups in total. The van der Waals surface area contributed by atoms with Crippen LogP contribution in [0.4, 0.5) is 0 Å².